The average Bonchev–Trinajstić information content (AvgIpc) is 3.05. The lowest BCUT2D eigenvalue weighted by atomic mass is 10.0. The third-order valence-electron chi connectivity index (χ3n) is 5.38. The van der Waals surface area contributed by atoms with E-state index in [2.05, 4.69) is 23.2 Å². The number of hydrogen-bond donors (Lipinski definition) is 2. The SMILES string of the molecule is CCN(c1cc([C@H]2CCOC2)nc(NCCO)n1)C1CCCCCC1. The van der Waals surface area contributed by atoms with Crippen LogP contribution < -0.4 is 10.2 Å². The number of ether oxygens (including phenoxy) is 1. The minimum Gasteiger partial charge on any atom is -0.395 e. The number of aliphatic hydroxyl groups is 1. The smallest absolute Gasteiger partial charge is 0.224 e. The first-order valence-corrected chi connectivity index (χ1v) is 9.90. The normalized spacial score (nSPS) is 21.9. The molecular weight excluding hydrogens is 316 g/mol. The standard InChI is InChI=1S/C19H32N4O2/c1-2-23(16-7-5-3-4-6-8-16)18-13-17(15-9-12-25-14-15)21-19(22-18)20-10-11-24/h13,15-16,24H,2-12,14H2,1H3,(H,20,21,22)/t15-/m0/s1. The molecule has 25 heavy (non-hydrogen) atoms. The van der Waals surface area contributed by atoms with Gasteiger partial charge in [-0.2, -0.15) is 4.98 Å². The molecular formula is C19H32N4O2. The molecule has 2 heterocycles. The second-order valence-corrected chi connectivity index (χ2v) is 7.12. The van der Waals surface area contributed by atoms with Gasteiger partial charge in [0, 0.05) is 37.7 Å². The molecule has 1 saturated heterocycles. The van der Waals surface area contributed by atoms with Gasteiger partial charge in [0.15, 0.2) is 0 Å². The number of nitrogens with one attached hydrogen (secondary N) is 1. The van der Waals surface area contributed by atoms with Crippen molar-refractivity contribution in [3.05, 3.63) is 11.8 Å². The molecule has 3 rings (SSSR count). The number of nitrogens with zero attached hydrogens (tertiary/aromatic N) is 3. The van der Waals surface area contributed by atoms with E-state index in [0.29, 0.717) is 24.5 Å². The van der Waals surface area contributed by atoms with Crippen LogP contribution in [-0.2, 0) is 4.74 Å². The van der Waals surface area contributed by atoms with Gasteiger partial charge in [-0.1, -0.05) is 25.7 Å². The van der Waals surface area contributed by atoms with Gasteiger partial charge in [0.05, 0.1) is 18.9 Å². The highest BCUT2D eigenvalue weighted by Gasteiger charge is 2.25. The molecule has 1 aliphatic heterocycles. The first-order valence-electron chi connectivity index (χ1n) is 9.90. The Morgan fingerprint density at radius 3 is 2.64 bits per heavy atom. The van der Waals surface area contributed by atoms with Crippen molar-refractivity contribution in [3.8, 4) is 0 Å². The number of aliphatic hydroxyl groups excluding tert-OH is 1. The van der Waals surface area contributed by atoms with Crippen LogP contribution in [0.5, 0.6) is 0 Å². The Balaban J connectivity index is 1.86. The lowest BCUT2D eigenvalue weighted by molar-refractivity contribution is 0.193. The Bertz CT molecular complexity index is 526. The van der Waals surface area contributed by atoms with Gasteiger partial charge >= 0.3 is 0 Å². The Labute approximate surface area is 151 Å². The van der Waals surface area contributed by atoms with Gasteiger partial charge < -0.3 is 20.1 Å². The van der Waals surface area contributed by atoms with Gasteiger partial charge in [-0.25, -0.2) is 4.98 Å². The van der Waals surface area contributed by atoms with Crippen LogP contribution in [0, 0.1) is 0 Å². The van der Waals surface area contributed by atoms with Crippen molar-refractivity contribution < 1.29 is 9.84 Å². The van der Waals surface area contributed by atoms with E-state index in [1.165, 1.54) is 38.5 Å². The lowest BCUT2D eigenvalue weighted by Gasteiger charge is -2.32. The highest BCUT2D eigenvalue weighted by Crippen LogP contribution is 2.30. The van der Waals surface area contributed by atoms with Gasteiger partial charge in [0.2, 0.25) is 5.95 Å². The van der Waals surface area contributed by atoms with Crippen LogP contribution in [-0.4, -0.2) is 54.0 Å². The number of anilines is 2. The van der Waals surface area contributed by atoms with Gasteiger partial charge in [-0.05, 0) is 26.2 Å². The molecule has 0 unspecified atom stereocenters. The third-order valence-corrected chi connectivity index (χ3v) is 5.38. The maximum absolute atomic E-state index is 9.12. The van der Waals surface area contributed by atoms with E-state index in [1.807, 2.05) is 0 Å². The van der Waals surface area contributed by atoms with E-state index in [-0.39, 0.29) is 6.61 Å². The largest absolute Gasteiger partial charge is 0.395 e. The highest BCUT2D eigenvalue weighted by atomic mass is 16.5. The highest BCUT2D eigenvalue weighted by molar-refractivity contribution is 5.46. The number of aromatic nitrogens is 2. The molecule has 6 nitrogen and oxygen atoms in total. The molecule has 1 aliphatic carbocycles. The van der Waals surface area contributed by atoms with Gasteiger partial charge in [-0.3, -0.25) is 0 Å². The zero-order valence-electron chi connectivity index (χ0n) is 15.4. The molecule has 1 aromatic rings. The quantitative estimate of drug-likeness (QED) is 0.738. The molecule has 0 amide bonds. The van der Waals surface area contributed by atoms with Gasteiger partial charge in [-0.15, -0.1) is 0 Å². The molecule has 1 saturated carbocycles. The van der Waals surface area contributed by atoms with Gasteiger partial charge in [0.1, 0.15) is 5.82 Å². The Hall–Kier alpha value is -1.40. The summed E-state index contributed by atoms with van der Waals surface area (Å²) >= 11 is 0. The van der Waals surface area contributed by atoms with E-state index in [9.17, 15) is 0 Å². The minimum atomic E-state index is 0.0789. The second kappa shape index (κ2) is 9.34. The monoisotopic (exact) mass is 348 g/mol. The predicted octanol–water partition coefficient (Wildman–Crippen LogP) is 2.93. The molecule has 1 aromatic heterocycles. The van der Waals surface area contributed by atoms with Crippen LogP contribution in [0.3, 0.4) is 0 Å². The first kappa shape index (κ1) is 18.4. The maximum atomic E-state index is 9.12. The first-order chi connectivity index (χ1) is 12.3. The van der Waals surface area contributed by atoms with Crippen LogP contribution in [0.1, 0.15) is 63.5 Å². The number of rotatable bonds is 7. The summed E-state index contributed by atoms with van der Waals surface area (Å²) < 4.78 is 5.56. The molecule has 0 radical (unpaired) electrons. The molecule has 0 bridgehead atoms. The van der Waals surface area contributed by atoms with E-state index in [0.717, 1.165) is 37.7 Å². The molecule has 6 heteroatoms. The fourth-order valence-corrected chi connectivity index (χ4v) is 4.00. The molecule has 2 aliphatic rings. The zero-order chi connectivity index (χ0) is 17.5. The van der Waals surface area contributed by atoms with Crippen molar-refractivity contribution >= 4 is 11.8 Å². The van der Waals surface area contributed by atoms with Crippen LogP contribution in [0.4, 0.5) is 11.8 Å². The fourth-order valence-electron chi connectivity index (χ4n) is 4.00. The molecule has 0 spiro atoms. The van der Waals surface area contributed by atoms with Crippen molar-refractivity contribution in [2.75, 3.05) is 43.1 Å². The molecule has 2 fully saturated rings. The number of hydrogen-bond acceptors (Lipinski definition) is 6. The fraction of sp³-hybridized carbons (Fsp3) is 0.789. The van der Waals surface area contributed by atoms with Crippen LogP contribution in [0.2, 0.25) is 0 Å². The maximum Gasteiger partial charge on any atom is 0.224 e. The molecule has 140 valence electrons. The van der Waals surface area contributed by atoms with Gasteiger partial charge in [0.25, 0.3) is 0 Å². The van der Waals surface area contributed by atoms with Crippen LogP contribution in [0.15, 0.2) is 6.07 Å². The third kappa shape index (κ3) is 4.82. The molecule has 0 aromatic carbocycles. The summed E-state index contributed by atoms with van der Waals surface area (Å²) in [5, 5.41) is 12.3. The summed E-state index contributed by atoms with van der Waals surface area (Å²) in [5.74, 6) is 2.00. The topological polar surface area (TPSA) is 70.5 Å². The average molecular weight is 348 g/mol. The summed E-state index contributed by atoms with van der Waals surface area (Å²) in [6.45, 7) is 5.28. The van der Waals surface area contributed by atoms with E-state index in [4.69, 9.17) is 19.8 Å². The molecule has 2 N–H and O–H groups in total. The van der Waals surface area contributed by atoms with E-state index >= 15 is 0 Å². The van der Waals surface area contributed by atoms with Crippen molar-refractivity contribution in [2.45, 2.75) is 63.8 Å². The lowest BCUT2D eigenvalue weighted by Crippen LogP contribution is -2.36. The Morgan fingerprint density at radius 1 is 1.20 bits per heavy atom. The van der Waals surface area contributed by atoms with E-state index in [1.54, 1.807) is 0 Å². The minimum absolute atomic E-state index is 0.0789. The second-order valence-electron chi connectivity index (χ2n) is 7.12. The Kier molecular flexibility index (Phi) is 6.87. The van der Waals surface area contributed by atoms with Crippen molar-refractivity contribution in [1.29, 1.82) is 0 Å². The van der Waals surface area contributed by atoms with Crippen molar-refractivity contribution in [1.82, 2.24) is 9.97 Å². The zero-order valence-corrected chi connectivity index (χ0v) is 15.4. The van der Waals surface area contributed by atoms with Crippen molar-refractivity contribution in [2.24, 2.45) is 0 Å². The Morgan fingerprint density at radius 2 is 2.00 bits per heavy atom. The van der Waals surface area contributed by atoms with Crippen LogP contribution in [0.25, 0.3) is 0 Å². The summed E-state index contributed by atoms with van der Waals surface area (Å²) in [6.07, 6.45) is 8.84. The predicted molar refractivity (Wildman–Crippen MR) is 100 cm³/mol. The van der Waals surface area contributed by atoms with Crippen LogP contribution >= 0.6 is 0 Å². The summed E-state index contributed by atoms with van der Waals surface area (Å²) in [7, 11) is 0. The molecule has 1 atom stereocenters. The summed E-state index contributed by atoms with van der Waals surface area (Å²) in [6, 6.07) is 2.73. The summed E-state index contributed by atoms with van der Waals surface area (Å²) in [4.78, 5) is 11.9. The van der Waals surface area contributed by atoms with Crippen molar-refractivity contribution in [3.63, 3.8) is 0 Å². The van der Waals surface area contributed by atoms with E-state index < -0.39 is 0 Å². The summed E-state index contributed by atoms with van der Waals surface area (Å²) in [5.41, 5.74) is 1.06.